The van der Waals surface area contributed by atoms with Gasteiger partial charge < -0.3 is 5.73 Å². The Balaban J connectivity index is 3.26. The van der Waals surface area contributed by atoms with Crippen LogP contribution in [0.4, 0.5) is 17.6 Å². The molecule has 0 aliphatic rings. The summed E-state index contributed by atoms with van der Waals surface area (Å²) in [6, 6.07) is 5.38. The van der Waals surface area contributed by atoms with Crippen molar-refractivity contribution in [3.63, 3.8) is 0 Å². The summed E-state index contributed by atoms with van der Waals surface area (Å²) in [7, 11) is 0. The van der Waals surface area contributed by atoms with E-state index in [-0.39, 0.29) is 12.1 Å². The molecule has 0 radical (unpaired) electrons. The number of alkyl halides is 4. The Morgan fingerprint density at radius 1 is 1.13 bits per heavy atom. The fourth-order valence-corrected chi connectivity index (χ4v) is 1.31. The molecule has 1 aromatic rings. The Labute approximate surface area is 84.9 Å². The molecule has 1 aromatic carbocycles. The molecule has 1 atom stereocenters. The molecule has 0 aliphatic carbocycles. The van der Waals surface area contributed by atoms with Gasteiger partial charge in [-0.1, -0.05) is 24.3 Å². The quantitative estimate of drug-likeness (QED) is 0.763. The SMILES string of the molecule is CC(F)(c1ccccc1CN)C(F)(F)F. The maximum absolute atomic E-state index is 13.6. The minimum absolute atomic E-state index is 0.119. The predicted molar refractivity (Wildman–Crippen MR) is 48.8 cm³/mol. The van der Waals surface area contributed by atoms with Gasteiger partial charge in [-0.05, 0) is 12.5 Å². The monoisotopic (exact) mass is 221 g/mol. The van der Waals surface area contributed by atoms with E-state index in [1.165, 1.54) is 18.2 Å². The third-order valence-electron chi connectivity index (χ3n) is 2.28. The summed E-state index contributed by atoms with van der Waals surface area (Å²) in [5.41, 5.74) is 1.65. The fourth-order valence-electron chi connectivity index (χ4n) is 1.31. The van der Waals surface area contributed by atoms with Crippen LogP contribution >= 0.6 is 0 Å². The number of hydrogen-bond acceptors (Lipinski definition) is 1. The number of halogens is 4. The van der Waals surface area contributed by atoms with Gasteiger partial charge in [0, 0.05) is 12.1 Å². The highest BCUT2D eigenvalue weighted by molar-refractivity contribution is 5.33. The van der Waals surface area contributed by atoms with E-state index in [2.05, 4.69) is 0 Å². The first-order valence-corrected chi connectivity index (χ1v) is 4.35. The molecule has 0 fully saturated rings. The summed E-state index contributed by atoms with van der Waals surface area (Å²) in [6.07, 6.45) is -4.93. The van der Waals surface area contributed by atoms with Crippen LogP contribution in [0.3, 0.4) is 0 Å². The minimum Gasteiger partial charge on any atom is -0.326 e. The van der Waals surface area contributed by atoms with Crippen LogP contribution in [-0.2, 0) is 12.2 Å². The molecule has 84 valence electrons. The van der Waals surface area contributed by atoms with Crippen molar-refractivity contribution < 1.29 is 17.6 Å². The fraction of sp³-hybridized carbons (Fsp3) is 0.400. The molecule has 0 aromatic heterocycles. The molecule has 0 saturated heterocycles. The van der Waals surface area contributed by atoms with E-state index in [9.17, 15) is 17.6 Å². The molecular weight excluding hydrogens is 210 g/mol. The van der Waals surface area contributed by atoms with Crippen molar-refractivity contribution >= 4 is 0 Å². The lowest BCUT2D eigenvalue weighted by Gasteiger charge is -2.25. The van der Waals surface area contributed by atoms with Gasteiger partial charge in [0.15, 0.2) is 0 Å². The summed E-state index contributed by atoms with van der Waals surface area (Å²) in [4.78, 5) is 0. The average molecular weight is 221 g/mol. The molecule has 0 aliphatic heterocycles. The van der Waals surface area contributed by atoms with Gasteiger partial charge >= 0.3 is 6.18 Å². The summed E-state index contributed by atoms with van der Waals surface area (Å²) in [5, 5.41) is 0. The van der Waals surface area contributed by atoms with Crippen LogP contribution in [0.5, 0.6) is 0 Å². The van der Waals surface area contributed by atoms with Gasteiger partial charge in [0.05, 0.1) is 0 Å². The zero-order chi connectivity index (χ0) is 11.7. The first kappa shape index (κ1) is 12.0. The molecule has 1 rings (SSSR count). The van der Waals surface area contributed by atoms with Crippen LogP contribution < -0.4 is 5.73 Å². The normalized spacial score (nSPS) is 16.1. The lowest BCUT2D eigenvalue weighted by molar-refractivity contribution is -0.229. The zero-order valence-electron chi connectivity index (χ0n) is 8.11. The Hall–Kier alpha value is -1.10. The molecule has 0 heterocycles. The molecule has 5 heteroatoms. The van der Waals surface area contributed by atoms with E-state index in [0.717, 1.165) is 6.07 Å². The summed E-state index contributed by atoms with van der Waals surface area (Å²) in [5.74, 6) is 0. The van der Waals surface area contributed by atoms with E-state index < -0.39 is 17.4 Å². The number of benzene rings is 1. The lowest BCUT2D eigenvalue weighted by atomic mass is 9.92. The van der Waals surface area contributed by atoms with Gasteiger partial charge in [-0.3, -0.25) is 0 Å². The van der Waals surface area contributed by atoms with Gasteiger partial charge in [-0.15, -0.1) is 0 Å². The second-order valence-electron chi connectivity index (χ2n) is 3.36. The summed E-state index contributed by atoms with van der Waals surface area (Å²) in [6.45, 7) is 0.382. The maximum atomic E-state index is 13.6. The molecule has 0 spiro atoms. The number of rotatable bonds is 2. The molecule has 0 amide bonds. The highest BCUT2D eigenvalue weighted by Gasteiger charge is 2.54. The molecule has 2 N–H and O–H groups in total. The van der Waals surface area contributed by atoms with Crippen LogP contribution in [-0.4, -0.2) is 6.18 Å². The summed E-state index contributed by atoms with van der Waals surface area (Å²) >= 11 is 0. The molecule has 1 nitrogen and oxygen atoms in total. The second-order valence-corrected chi connectivity index (χ2v) is 3.36. The topological polar surface area (TPSA) is 26.0 Å². The van der Waals surface area contributed by atoms with Crippen LogP contribution in [0.1, 0.15) is 18.1 Å². The third kappa shape index (κ3) is 2.12. The highest BCUT2D eigenvalue weighted by Crippen LogP contribution is 2.43. The van der Waals surface area contributed by atoms with Crippen molar-refractivity contribution in [3.8, 4) is 0 Å². The van der Waals surface area contributed by atoms with Crippen molar-refractivity contribution in [1.82, 2.24) is 0 Å². The van der Waals surface area contributed by atoms with Crippen molar-refractivity contribution in [3.05, 3.63) is 35.4 Å². The van der Waals surface area contributed by atoms with E-state index in [4.69, 9.17) is 5.73 Å². The number of nitrogens with two attached hydrogens (primary N) is 1. The number of hydrogen-bond donors (Lipinski definition) is 1. The molecule has 0 bridgehead atoms. The summed E-state index contributed by atoms with van der Waals surface area (Å²) < 4.78 is 50.9. The molecular formula is C10H11F4N. The van der Waals surface area contributed by atoms with Gasteiger partial charge in [-0.2, -0.15) is 13.2 Å². The molecule has 1 unspecified atom stereocenters. The van der Waals surface area contributed by atoms with E-state index >= 15 is 0 Å². The van der Waals surface area contributed by atoms with Crippen LogP contribution in [0.15, 0.2) is 24.3 Å². The molecule has 0 saturated carbocycles. The first-order chi connectivity index (χ1) is 6.80. The minimum atomic E-state index is -4.93. The van der Waals surface area contributed by atoms with E-state index in [0.29, 0.717) is 6.92 Å². The van der Waals surface area contributed by atoms with Gasteiger partial charge in [0.1, 0.15) is 0 Å². The smallest absolute Gasteiger partial charge is 0.326 e. The van der Waals surface area contributed by atoms with Gasteiger partial charge in [0.25, 0.3) is 0 Å². The average Bonchev–Trinajstić information content (AvgIpc) is 2.16. The lowest BCUT2D eigenvalue weighted by Crippen LogP contribution is -2.36. The second kappa shape index (κ2) is 3.81. The Bertz CT molecular complexity index is 344. The van der Waals surface area contributed by atoms with Crippen LogP contribution in [0.2, 0.25) is 0 Å². The van der Waals surface area contributed by atoms with Crippen LogP contribution in [0.25, 0.3) is 0 Å². The van der Waals surface area contributed by atoms with Gasteiger partial charge in [-0.25, -0.2) is 4.39 Å². The Kier molecular flexibility index (Phi) is 3.04. The van der Waals surface area contributed by atoms with Crippen LogP contribution in [0, 0.1) is 0 Å². The Morgan fingerprint density at radius 3 is 2.13 bits per heavy atom. The van der Waals surface area contributed by atoms with Crippen molar-refractivity contribution in [2.75, 3.05) is 0 Å². The first-order valence-electron chi connectivity index (χ1n) is 4.35. The van der Waals surface area contributed by atoms with Crippen molar-refractivity contribution in [2.45, 2.75) is 25.3 Å². The van der Waals surface area contributed by atoms with Gasteiger partial charge in [0.2, 0.25) is 5.67 Å². The zero-order valence-corrected chi connectivity index (χ0v) is 8.11. The third-order valence-corrected chi connectivity index (χ3v) is 2.28. The predicted octanol–water partition coefficient (Wildman–Crippen LogP) is 2.89. The molecule has 15 heavy (non-hydrogen) atoms. The van der Waals surface area contributed by atoms with Crippen molar-refractivity contribution in [1.29, 1.82) is 0 Å². The van der Waals surface area contributed by atoms with Crippen molar-refractivity contribution in [2.24, 2.45) is 5.73 Å². The Morgan fingerprint density at radius 2 is 1.67 bits per heavy atom. The standard InChI is InChI=1S/C10H11F4N/c1-9(11,10(12,13)14)8-5-3-2-4-7(8)6-15/h2-5H,6,15H2,1H3. The maximum Gasteiger partial charge on any atom is 0.426 e. The van der Waals surface area contributed by atoms with E-state index in [1.807, 2.05) is 0 Å². The highest BCUT2D eigenvalue weighted by atomic mass is 19.4. The largest absolute Gasteiger partial charge is 0.426 e. The van der Waals surface area contributed by atoms with E-state index in [1.54, 1.807) is 0 Å².